The molecule has 0 saturated carbocycles. The summed E-state index contributed by atoms with van der Waals surface area (Å²) in [6.07, 6.45) is 0. The van der Waals surface area contributed by atoms with Crippen molar-refractivity contribution in [3.63, 3.8) is 0 Å². The summed E-state index contributed by atoms with van der Waals surface area (Å²) in [5.74, 6) is 1.64. The van der Waals surface area contributed by atoms with Crippen molar-refractivity contribution in [2.24, 2.45) is 0 Å². The maximum Gasteiger partial charge on any atom is 0.276 e. The molecule has 0 aliphatic carbocycles. The fraction of sp³-hybridized carbons (Fsp3) is 0.222. The van der Waals surface area contributed by atoms with Crippen molar-refractivity contribution in [2.45, 2.75) is 19.1 Å². The zero-order valence-electron chi connectivity index (χ0n) is 13.8. The molecule has 0 bridgehead atoms. The summed E-state index contributed by atoms with van der Waals surface area (Å²) >= 11 is 13.5. The van der Waals surface area contributed by atoms with E-state index in [4.69, 9.17) is 32.4 Å². The molecule has 7 heteroatoms. The van der Waals surface area contributed by atoms with Gasteiger partial charge >= 0.3 is 0 Å². The lowest BCUT2D eigenvalue weighted by Gasteiger charge is -2.08. The quantitative estimate of drug-likeness (QED) is 0.388. The number of thioether (sulfide) groups is 1. The number of aromatic nitrogens is 2. The molecule has 0 fully saturated rings. The van der Waals surface area contributed by atoms with Gasteiger partial charge in [0.05, 0.1) is 16.7 Å². The molecule has 3 aromatic rings. The number of nitrogens with zero attached hydrogens (tertiary/aromatic N) is 2. The SMILES string of the molecule is Cc1ccc(-c2nnc(SCCOc3c(Cl)cccc3Cl)o2)cc1C. The van der Waals surface area contributed by atoms with Crippen LogP contribution in [-0.2, 0) is 0 Å². The third kappa shape index (κ3) is 4.48. The zero-order valence-corrected chi connectivity index (χ0v) is 16.1. The van der Waals surface area contributed by atoms with Crippen LogP contribution in [0.4, 0.5) is 0 Å². The van der Waals surface area contributed by atoms with Gasteiger partial charge < -0.3 is 9.15 Å². The number of halogens is 2. The Morgan fingerprint density at radius 1 is 1.04 bits per heavy atom. The summed E-state index contributed by atoms with van der Waals surface area (Å²) in [4.78, 5) is 0. The van der Waals surface area contributed by atoms with Crippen LogP contribution in [0.25, 0.3) is 11.5 Å². The summed E-state index contributed by atoms with van der Waals surface area (Å²) in [5, 5.41) is 9.65. The number of para-hydroxylation sites is 1. The van der Waals surface area contributed by atoms with Gasteiger partial charge in [-0.2, -0.15) is 0 Å². The molecule has 130 valence electrons. The predicted molar refractivity (Wildman–Crippen MR) is 102 cm³/mol. The Bertz CT molecular complexity index is 863. The Balaban J connectivity index is 1.56. The molecule has 0 saturated heterocycles. The first-order valence-electron chi connectivity index (χ1n) is 7.65. The fourth-order valence-corrected chi connectivity index (χ4v) is 3.24. The molecule has 0 unspecified atom stereocenters. The normalized spacial score (nSPS) is 10.9. The van der Waals surface area contributed by atoms with Gasteiger partial charge in [-0.15, -0.1) is 10.2 Å². The van der Waals surface area contributed by atoms with Gasteiger partial charge in [0.1, 0.15) is 0 Å². The van der Waals surface area contributed by atoms with Crippen LogP contribution >= 0.6 is 35.0 Å². The molecule has 25 heavy (non-hydrogen) atoms. The smallest absolute Gasteiger partial charge is 0.276 e. The van der Waals surface area contributed by atoms with Crippen LogP contribution in [0.1, 0.15) is 11.1 Å². The van der Waals surface area contributed by atoms with Crippen LogP contribution in [0.2, 0.25) is 10.0 Å². The summed E-state index contributed by atoms with van der Waals surface area (Å²) in [6.45, 7) is 4.55. The lowest BCUT2D eigenvalue weighted by atomic mass is 10.1. The van der Waals surface area contributed by atoms with E-state index in [-0.39, 0.29) is 0 Å². The topological polar surface area (TPSA) is 48.2 Å². The van der Waals surface area contributed by atoms with E-state index in [2.05, 4.69) is 24.0 Å². The molecular weight excluding hydrogens is 379 g/mol. The van der Waals surface area contributed by atoms with Crippen molar-refractivity contribution in [2.75, 3.05) is 12.4 Å². The van der Waals surface area contributed by atoms with Crippen LogP contribution in [-0.4, -0.2) is 22.6 Å². The minimum atomic E-state index is 0.426. The standard InChI is InChI=1S/C18H16Cl2N2O2S/c1-11-6-7-13(10-12(11)2)17-21-22-18(24-17)25-9-8-23-16-14(19)4-3-5-15(16)20/h3-7,10H,8-9H2,1-2H3. The van der Waals surface area contributed by atoms with Gasteiger partial charge in [-0.05, 0) is 49.2 Å². The molecule has 0 N–H and O–H groups in total. The average molecular weight is 395 g/mol. The van der Waals surface area contributed by atoms with Crippen molar-refractivity contribution < 1.29 is 9.15 Å². The van der Waals surface area contributed by atoms with Crippen LogP contribution in [0.5, 0.6) is 5.75 Å². The van der Waals surface area contributed by atoms with Gasteiger partial charge in [0.2, 0.25) is 5.89 Å². The minimum absolute atomic E-state index is 0.426. The Morgan fingerprint density at radius 2 is 1.80 bits per heavy atom. The molecule has 1 heterocycles. The Kier molecular flexibility index (Phi) is 5.89. The van der Waals surface area contributed by atoms with Crippen molar-refractivity contribution in [3.05, 3.63) is 57.6 Å². The molecular formula is C18H16Cl2N2O2S. The highest BCUT2D eigenvalue weighted by Gasteiger charge is 2.11. The summed E-state index contributed by atoms with van der Waals surface area (Å²) in [7, 11) is 0. The summed E-state index contributed by atoms with van der Waals surface area (Å²) in [5.41, 5.74) is 3.34. The molecule has 3 rings (SSSR count). The van der Waals surface area contributed by atoms with E-state index in [1.807, 2.05) is 18.2 Å². The second kappa shape index (κ2) is 8.13. The second-order valence-electron chi connectivity index (χ2n) is 5.42. The fourth-order valence-electron chi connectivity index (χ4n) is 2.15. The second-order valence-corrected chi connectivity index (χ2v) is 7.28. The third-order valence-electron chi connectivity index (χ3n) is 3.63. The first kappa shape index (κ1) is 18.1. The minimum Gasteiger partial charge on any atom is -0.490 e. The largest absolute Gasteiger partial charge is 0.490 e. The molecule has 0 aliphatic heterocycles. The van der Waals surface area contributed by atoms with Crippen LogP contribution in [0.15, 0.2) is 46.0 Å². The van der Waals surface area contributed by atoms with Crippen LogP contribution < -0.4 is 4.74 Å². The lowest BCUT2D eigenvalue weighted by molar-refractivity contribution is 0.343. The van der Waals surface area contributed by atoms with Gasteiger partial charge in [-0.3, -0.25) is 0 Å². The van der Waals surface area contributed by atoms with E-state index in [0.29, 0.717) is 39.3 Å². The van der Waals surface area contributed by atoms with E-state index >= 15 is 0 Å². The van der Waals surface area contributed by atoms with Crippen molar-refractivity contribution in [1.29, 1.82) is 0 Å². The number of hydrogen-bond acceptors (Lipinski definition) is 5. The molecule has 0 aliphatic rings. The van der Waals surface area contributed by atoms with Gasteiger partial charge in [-0.1, -0.05) is 47.1 Å². The van der Waals surface area contributed by atoms with E-state index < -0.39 is 0 Å². The Labute approximate surface area is 160 Å². The first-order chi connectivity index (χ1) is 12.0. The molecule has 0 atom stereocenters. The monoisotopic (exact) mass is 394 g/mol. The maximum absolute atomic E-state index is 6.06. The molecule has 1 aromatic heterocycles. The van der Waals surface area contributed by atoms with E-state index in [0.717, 1.165) is 5.56 Å². The molecule has 0 spiro atoms. The molecule has 0 amide bonds. The number of hydrogen-bond donors (Lipinski definition) is 0. The highest BCUT2D eigenvalue weighted by Crippen LogP contribution is 2.32. The average Bonchev–Trinajstić information content (AvgIpc) is 3.05. The maximum atomic E-state index is 6.06. The Morgan fingerprint density at radius 3 is 2.52 bits per heavy atom. The first-order valence-corrected chi connectivity index (χ1v) is 9.39. The van der Waals surface area contributed by atoms with Gasteiger partial charge in [-0.25, -0.2) is 0 Å². The van der Waals surface area contributed by atoms with Gasteiger partial charge in [0.15, 0.2) is 5.75 Å². The highest BCUT2D eigenvalue weighted by molar-refractivity contribution is 7.99. The molecule has 2 aromatic carbocycles. The number of aryl methyl sites for hydroxylation is 2. The van der Waals surface area contributed by atoms with Crippen molar-refractivity contribution in [3.8, 4) is 17.2 Å². The number of benzene rings is 2. The molecule has 4 nitrogen and oxygen atoms in total. The number of ether oxygens (including phenoxy) is 1. The van der Waals surface area contributed by atoms with E-state index in [9.17, 15) is 0 Å². The van der Waals surface area contributed by atoms with Crippen LogP contribution in [0.3, 0.4) is 0 Å². The van der Waals surface area contributed by atoms with Gasteiger partial charge in [0.25, 0.3) is 5.22 Å². The van der Waals surface area contributed by atoms with E-state index in [1.54, 1.807) is 18.2 Å². The van der Waals surface area contributed by atoms with Crippen molar-refractivity contribution >= 4 is 35.0 Å². The van der Waals surface area contributed by atoms with Crippen molar-refractivity contribution in [1.82, 2.24) is 10.2 Å². The number of rotatable bonds is 6. The van der Waals surface area contributed by atoms with E-state index in [1.165, 1.54) is 22.9 Å². The predicted octanol–water partition coefficient (Wildman–Crippen LogP) is 5.83. The Hall–Kier alpha value is -1.69. The highest BCUT2D eigenvalue weighted by atomic mass is 35.5. The van der Waals surface area contributed by atoms with Crippen LogP contribution in [0, 0.1) is 13.8 Å². The zero-order chi connectivity index (χ0) is 17.8. The third-order valence-corrected chi connectivity index (χ3v) is 5.01. The summed E-state index contributed by atoms with van der Waals surface area (Å²) in [6, 6.07) is 11.3. The lowest BCUT2D eigenvalue weighted by Crippen LogP contribution is -2.01. The molecule has 0 radical (unpaired) electrons. The van der Waals surface area contributed by atoms with Gasteiger partial charge in [0, 0.05) is 11.3 Å². The summed E-state index contributed by atoms with van der Waals surface area (Å²) < 4.78 is 11.3.